The van der Waals surface area contributed by atoms with E-state index in [1.807, 2.05) is 7.05 Å². The van der Waals surface area contributed by atoms with E-state index in [0.717, 1.165) is 25.7 Å². The van der Waals surface area contributed by atoms with Crippen LogP contribution in [0.15, 0.2) is 0 Å². The molecule has 1 rings (SSSR count). The molecule has 76 valence electrons. The highest BCUT2D eigenvalue weighted by Gasteiger charge is 2.41. The molecular weight excluding hydrogens is 236 g/mol. The number of aliphatic carboxylic acids is 1. The van der Waals surface area contributed by atoms with Crippen LogP contribution in [0.1, 0.15) is 25.7 Å². The van der Waals surface area contributed by atoms with E-state index in [0.29, 0.717) is 6.54 Å². The van der Waals surface area contributed by atoms with Gasteiger partial charge >= 0.3 is 5.97 Å². The van der Waals surface area contributed by atoms with Crippen LogP contribution in [0.25, 0.3) is 0 Å². The molecule has 0 aliphatic heterocycles. The van der Waals surface area contributed by atoms with Crippen molar-refractivity contribution in [1.82, 2.24) is 9.46 Å². The minimum Gasteiger partial charge on any atom is -0.481 e. The van der Waals surface area contributed by atoms with Gasteiger partial charge in [0, 0.05) is 29.7 Å². The number of hydrogen-bond donors (Lipinski definition) is 2. The third kappa shape index (κ3) is 2.42. The molecule has 0 heterocycles. The SMILES string of the molecule is CN(CC1(C(=O)O)CCCC1)NBr. The van der Waals surface area contributed by atoms with Crippen molar-refractivity contribution in [1.29, 1.82) is 0 Å². The maximum Gasteiger partial charge on any atom is 0.310 e. The molecule has 1 aliphatic rings. The Morgan fingerprint density at radius 3 is 2.54 bits per heavy atom. The Morgan fingerprint density at radius 1 is 1.62 bits per heavy atom. The van der Waals surface area contributed by atoms with E-state index in [1.54, 1.807) is 5.01 Å². The van der Waals surface area contributed by atoms with Crippen molar-refractivity contribution in [2.75, 3.05) is 13.6 Å². The van der Waals surface area contributed by atoms with Gasteiger partial charge in [-0.15, -0.1) is 0 Å². The first-order valence-corrected chi connectivity index (χ1v) is 5.21. The summed E-state index contributed by atoms with van der Waals surface area (Å²) in [5.41, 5.74) is -0.532. The summed E-state index contributed by atoms with van der Waals surface area (Å²) in [6.45, 7) is 0.549. The fourth-order valence-electron chi connectivity index (χ4n) is 1.98. The lowest BCUT2D eigenvalue weighted by molar-refractivity contribution is -0.149. The molecule has 0 atom stereocenters. The van der Waals surface area contributed by atoms with E-state index in [1.165, 1.54) is 0 Å². The van der Waals surface area contributed by atoms with Crippen LogP contribution in [0, 0.1) is 5.41 Å². The summed E-state index contributed by atoms with van der Waals surface area (Å²) in [4.78, 5) is 11.1. The second kappa shape index (κ2) is 4.39. The number of carbonyl (C=O) groups is 1. The lowest BCUT2D eigenvalue weighted by Gasteiger charge is -2.28. The minimum atomic E-state index is -0.667. The molecule has 2 N–H and O–H groups in total. The van der Waals surface area contributed by atoms with E-state index in [4.69, 9.17) is 5.11 Å². The molecule has 0 aromatic rings. The first kappa shape index (κ1) is 10.9. The lowest BCUT2D eigenvalue weighted by atomic mass is 9.86. The Balaban J connectivity index is 2.62. The quantitative estimate of drug-likeness (QED) is 0.585. The summed E-state index contributed by atoms with van der Waals surface area (Å²) in [6.07, 6.45) is 3.65. The summed E-state index contributed by atoms with van der Waals surface area (Å²) < 4.78 is 2.75. The average molecular weight is 251 g/mol. The highest BCUT2D eigenvalue weighted by Crippen LogP contribution is 2.38. The van der Waals surface area contributed by atoms with Crippen molar-refractivity contribution in [3.8, 4) is 0 Å². The van der Waals surface area contributed by atoms with Crippen LogP contribution in [0.2, 0.25) is 0 Å². The summed E-state index contributed by atoms with van der Waals surface area (Å²) in [5.74, 6) is -0.667. The van der Waals surface area contributed by atoms with Gasteiger partial charge in [0.25, 0.3) is 0 Å². The van der Waals surface area contributed by atoms with Gasteiger partial charge in [-0.05, 0) is 12.8 Å². The fraction of sp³-hybridized carbons (Fsp3) is 0.875. The first-order valence-electron chi connectivity index (χ1n) is 4.41. The highest BCUT2D eigenvalue weighted by atomic mass is 79.9. The highest BCUT2D eigenvalue weighted by molar-refractivity contribution is 9.08. The first-order chi connectivity index (χ1) is 6.10. The molecule has 0 aromatic carbocycles. The molecule has 0 saturated heterocycles. The van der Waals surface area contributed by atoms with Gasteiger partial charge in [0.1, 0.15) is 0 Å². The van der Waals surface area contributed by atoms with Crippen molar-refractivity contribution in [2.24, 2.45) is 5.41 Å². The summed E-state index contributed by atoms with van der Waals surface area (Å²) >= 11 is 3.08. The summed E-state index contributed by atoms with van der Waals surface area (Å²) in [5, 5.41) is 10.9. The van der Waals surface area contributed by atoms with Crippen LogP contribution in [-0.2, 0) is 4.79 Å². The summed E-state index contributed by atoms with van der Waals surface area (Å²) in [6, 6.07) is 0. The third-order valence-electron chi connectivity index (χ3n) is 2.70. The van der Waals surface area contributed by atoms with Crippen molar-refractivity contribution >= 4 is 22.1 Å². The van der Waals surface area contributed by atoms with E-state index in [-0.39, 0.29) is 0 Å². The molecule has 5 heteroatoms. The molecule has 0 aromatic heterocycles. The second-order valence-corrected chi connectivity index (χ2v) is 4.09. The molecule has 4 nitrogen and oxygen atoms in total. The van der Waals surface area contributed by atoms with Gasteiger partial charge in [-0.3, -0.25) is 4.79 Å². The monoisotopic (exact) mass is 250 g/mol. The van der Waals surface area contributed by atoms with Crippen molar-refractivity contribution in [3.05, 3.63) is 0 Å². The number of carboxylic acid groups (broad SMARTS) is 1. The maximum absolute atomic E-state index is 11.1. The molecule has 0 amide bonds. The molecule has 1 fully saturated rings. The molecule has 13 heavy (non-hydrogen) atoms. The van der Waals surface area contributed by atoms with Gasteiger partial charge in [0.05, 0.1) is 5.41 Å². The van der Waals surface area contributed by atoms with Gasteiger partial charge in [-0.25, -0.2) is 5.01 Å². The summed E-state index contributed by atoms with van der Waals surface area (Å²) in [7, 11) is 1.83. The Morgan fingerprint density at radius 2 is 2.15 bits per heavy atom. The van der Waals surface area contributed by atoms with Crippen LogP contribution in [0.4, 0.5) is 0 Å². The standard InChI is InChI=1S/C8H15BrN2O2/c1-11(10-9)6-8(7(12)13)4-2-3-5-8/h10H,2-6H2,1H3,(H,12,13). The predicted molar refractivity (Wildman–Crippen MR) is 53.2 cm³/mol. The van der Waals surface area contributed by atoms with Gasteiger partial charge in [-0.2, -0.15) is 4.45 Å². The number of halogens is 1. The topological polar surface area (TPSA) is 52.6 Å². The maximum atomic E-state index is 11.1. The molecule has 0 unspecified atom stereocenters. The van der Waals surface area contributed by atoms with E-state index in [2.05, 4.69) is 20.6 Å². The van der Waals surface area contributed by atoms with Crippen LogP contribution < -0.4 is 4.45 Å². The molecule has 0 bridgehead atoms. The number of rotatable bonds is 4. The van der Waals surface area contributed by atoms with Gasteiger partial charge in [0.15, 0.2) is 0 Å². The van der Waals surface area contributed by atoms with Crippen molar-refractivity contribution < 1.29 is 9.90 Å². The van der Waals surface area contributed by atoms with E-state index >= 15 is 0 Å². The number of carboxylic acids is 1. The number of nitrogens with one attached hydrogen (secondary N) is 1. The normalized spacial score (nSPS) is 20.8. The Hall–Kier alpha value is -0.130. The zero-order valence-electron chi connectivity index (χ0n) is 7.72. The minimum absolute atomic E-state index is 0.532. The Bertz CT molecular complexity index is 193. The number of hydrazine groups is 1. The molecule has 1 aliphatic carbocycles. The largest absolute Gasteiger partial charge is 0.481 e. The van der Waals surface area contributed by atoms with Crippen molar-refractivity contribution in [3.63, 3.8) is 0 Å². The van der Waals surface area contributed by atoms with Crippen LogP contribution in [0.3, 0.4) is 0 Å². The second-order valence-electron chi connectivity index (χ2n) is 3.73. The van der Waals surface area contributed by atoms with Crippen LogP contribution >= 0.6 is 16.1 Å². The van der Waals surface area contributed by atoms with Crippen molar-refractivity contribution in [2.45, 2.75) is 25.7 Å². The number of hydrogen-bond acceptors (Lipinski definition) is 3. The molecule has 0 spiro atoms. The number of nitrogens with zero attached hydrogens (tertiary/aromatic N) is 1. The Labute approximate surface area is 86.6 Å². The zero-order valence-corrected chi connectivity index (χ0v) is 9.30. The predicted octanol–water partition coefficient (Wildman–Crippen LogP) is 1.38. The molecular formula is C8H15BrN2O2. The molecule has 0 radical (unpaired) electrons. The Kier molecular flexibility index (Phi) is 3.70. The molecule has 1 saturated carbocycles. The van der Waals surface area contributed by atoms with Gasteiger partial charge in [0.2, 0.25) is 0 Å². The van der Waals surface area contributed by atoms with Gasteiger partial charge < -0.3 is 5.11 Å². The van der Waals surface area contributed by atoms with E-state index in [9.17, 15) is 4.79 Å². The van der Waals surface area contributed by atoms with Crippen LogP contribution in [-0.4, -0.2) is 29.7 Å². The smallest absolute Gasteiger partial charge is 0.310 e. The fourth-order valence-corrected chi connectivity index (χ4v) is 2.10. The average Bonchev–Trinajstić information content (AvgIpc) is 2.54. The third-order valence-corrected chi connectivity index (χ3v) is 3.30. The van der Waals surface area contributed by atoms with E-state index < -0.39 is 11.4 Å². The van der Waals surface area contributed by atoms with Crippen LogP contribution in [0.5, 0.6) is 0 Å². The zero-order chi connectivity index (χ0) is 9.90. The van der Waals surface area contributed by atoms with Gasteiger partial charge in [-0.1, -0.05) is 12.8 Å². The lowest BCUT2D eigenvalue weighted by Crippen LogP contribution is -2.42.